The van der Waals surface area contributed by atoms with Gasteiger partial charge in [0.1, 0.15) is 5.82 Å². The number of benzene rings is 1. The van der Waals surface area contributed by atoms with Crippen LogP contribution in [0.25, 0.3) is 0 Å². The van der Waals surface area contributed by atoms with E-state index in [4.69, 9.17) is 0 Å². The van der Waals surface area contributed by atoms with E-state index in [9.17, 15) is 9.18 Å². The average Bonchev–Trinajstić information content (AvgIpc) is 3.10. The minimum atomic E-state index is -0.310. The van der Waals surface area contributed by atoms with Gasteiger partial charge in [-0.3, -0.25) is 0 Å². The number of nitrogens with one attached hydrogen (secondary N) is 1. The lowest BCUT2D eigenvalue weighted by molar-refractivity contribution is 0.120. The van der Waals surface area contributed by atoms with Crippen LogP contribution < -0.4 is 10.2 Å². The number of piperidine rings is 1. The Morgan fingerprint density at radius 1 is 1.24 bits per heavy atom. The molecule has 1 N–H and O–H groups in total. The predicted octanol–water partition coefficient (Wildman–Crippen LogP) is 3.37. The average molecular weight is 348 g/mol. The molecule has 25 heavy (non-hydrogen) atoms. The zero-order chi connectivity index (χ0) is 18.0. The number of hydrogen-bond acceptors (Lipinski definition) is 3. The number of carbonyl (C=O) groups excluding carboxylic acids is 1. The van der Waals surface area contributed by atoms with Gasteiger partial charge >= 0.3 is 6.03 Å². The van der Waals surface area contributed by atoms with E-state index < -0.39 is 0 Å². The fourth-order valence-corrected chi connectivity index (χ4v) is 3.80. The van der Waals surface area contributed by atoms with Crippen LogP contribution in [0.1, 0.15) is 32.6 Å². The molecule has 1 aromatic carbocycles. The molecule has 1 aromatic rings. The summed E-state index contributed by atoms with van der Waals surface area (Å²) in [4.78, 5) is 18.9. The first-order valence-electron chi connectivity index (χ1n) is 9.23. The Morgan fingerprint density at radius 3 is 2.64 bits per heavy atom. The van der Waals surface area contributed by atoms with Gasteiger partial charge in [0.2, 0.25) is 0 Å². The number of rotatable bonds is 3. The molecule has 2 aliphatic heterocycles. The molecular formula is C19H29FN4O. The number of urea groups is 1. The van der Waals surface area contributed by atoms with Crippen molar-refractivity contribution in [1.29, 1.82) is 0 Å². The Morgan fingerprint density at radius 2 is 1.96 bits per heavy atom. The van der Waals surface area contributed by atoms with Crippen LogP contribution in [0.4, 0.5) is 20.6 Å². The van der Waals surface area contributed by atoms with Crippen LogP contribution in [0.5, 0.6) is 0 Å². The third kappa shape index (κ3) is 4.24. The molecule has 0 saturated carbocycles. The van der Waals surface area contributed by atoms with Crippen molar-refractivity contribution in [3.05, 3.63) is 24.0 Å². The second-order valence-corrected chi connectivity index (χ2v) is 7.44. The Hall–Kier alpha value is -1.82. The summed E-state index contributed by atoms with van der Waals surface area (Å²) in [6, 6.07) is 5.33. The monoisotopic (exact) mass is 348 g/mol. The van der Waals surface area contributed by atoms with Gasteiger partial charge in [-0.15, -0.1) is 0 Å². The van der Waals surface area contributed by atoms with Crippen LogP contribution >= 0.6 is 0 Å². The quantitative estimate of drug-likeness (QED) is 0.910. The third-order valence-corrected chi connectivity index (χ3v) is 5.65. The molecule has 0 spiro atoms. The molecular weight excluding hydrogens is 319 g/mol. The minimum absolute atomic E-state index is 0.167. The molecule has 138 valence electrons. The van der Waals surface area contributed by atoms with Gasteiger partial charge in [0, 0.05) is 50.1 Å². The third-order valence-electron chi connectivity index (χ3n) is 5.65. The van der Waals surface area contributed by atoms with E-state index in [1.165, 1.54) is 6.07 Å². The number of nitrogens with zero attached hydrogens (tertiary/aromatic N) is 3. The summed E-state index contributed by atoms with van der Waals surface area (Å²) in [5.74, 6) is -0.310. The summed E-state index contributed by atoms with van der Waals surface area (Å²) in [5, 5.41) is 2.88. The first-order chi connectivity index (χ1) is 11.9. The van der Waals surface area contributed by atoms with Crippen LogP contribution in [-0.2, 0) is 0 Å². The van der Waals surface area contributed by atoms with E-state index in [-0.39, 0.29) is 17.9 Å². The Bertz CT molecular complexity index is 617. The van der Waals surface area contributed by atoms with Gasteiger partial charge in [-0.25, -0.2) is 9.18 Å². The molecule has 0 bridgehead atoms. The summed E-state index contributed by atoms with van der Waals surface area (Å²) < 4.78 is 14.0. The highest BCUT2D eigenvalue weighted by atomic mass is 19.1. The standard InChI is InChI=1S/C19H29FN4O/c1-14-10-17(6-9-22(14)2)23(3)19(25)21-16-11-15(20)12-18(13-16)24-7-4-5-8-24/h11-14,17H,4-10H2,1-3H3,(H,21,25)/t14-,17+/m1/s1. The van der Waals surface area contributed by atoms with Crippen molar-refractivity contribution in [2.45, 2.75) is 44.7 Å². The Balaban J connectivity index is 1.66. The van der Waals surface area contributed by atoms with Crippen molar-refractivity contribution >= 4 is 17.4 Å². The van der Waals surface area contributed by atoms with E-state index in [1.807, 2.05) is 13.1 Å². The zero-order valence-electron chi connectivity index (χ0n) is 15.5. The normalized spacial score (nSPS) is 24.4. The van der Waals surface area contributed by atoms with Gasteiger partial charge in [0.05, 0.1) is 0 Å². The van der Waals surface area contributed by atoms with E-state index in [2.05, 4.69) is 29.1 Å². The molecule has 0 radical (unpaired) electrons. The van der Waals surface area contributed by atoms with Gasteiger partial charge in [-0.05, 0) is 57.9 Å². The van der Waals surface area contributed by atoms with Gasteiger partial charge in [-0.1, -0.05) is 0 Å². The molecule has 2 saturated heterocycles. The molecule has 2 atom stereocenters. The summed E-state index contributed by atoms with van der Waals surface area (Å²) in [5.41, 5.74) is 1.38. The van der Waals surface area contributed by atoms with Crippen molar-refractivity contribution in [2.75, 3.05) is 43.9 Å². The molecule has 0 aliphatic carbocycles. The maximum absolute atomic E-state index is 14.0. The fraction of sp³-hybridized carbons (Fsp3) is 0.632. The smallest absolute Gasteiger partial charge is 0.321 e. The molecule has 2 aliphatic rings. The summed E-state index contributed by atoms with van der Waals surface area (Å²) in [7, 11) is 3.95. The maximum atomic E-state index is 14.0. The first-order valence-corrected chi connectivity index (χ1v) is 9.23. The van der Waals surface area contributed by atoms with Crippen LogP contribution in [0, 0.1) is 5.82 Å². The van der Waals surface area contributed by atoms with E-state index in [0.717, 1.165) is 51.0 Å². The molecule has 6 heteroatoms. The summed E-state index contributed by atoms with van der Waals surface area (Å²) in [6.45, 7) is 5.07. The number of amides is 2. The molecule has 5 nitrogen and oxygen atoms in total. The zero-order valence-corrected chi connectivity index (χ0v) is 15.5. The Kier molecular flexibility index (Phi) is 5.47. The fourth-order valence-electron chi connectivity index (χ4n) is 3.80. The lowest BCUT2D eigenvalue weighted by Gasteiger charge is -2.39. The van der Waals surface area contributed by atoms with E-state index in [0.29, 0.717) is 11.7 Å². The molecule has 0 unspecified atom stereocenters. The number of hydrogen-bond donors (Lipinski definition) is 1. The van der Waals surface area contributed by atoms with Gasteiger partial charge in [-0.2, -0.15) is 0 Å². The van der Waals surface area contributed by atoms with Crippen LogP contribution in [0.3, 0.4) is 0 Å². The van der Waals surface area contributed by atoms with Crippen molar-refractivity contribution in [2.24, 2.45) is 0 Å². The predicted molar refractivity (Wildman–Crippen MR) is 99.7 cm³/mol. The highest BCUT2D eigenvalue weighted by Gasteiger charge is 2.28. The Labute approximate surface area is 149 Å². The SMILES string of the molecule is C[C@@H]1C[C@@H](N(C)C(=O)Nc2cc(F)cc(N3CCCC3)c2)CCN1C. The number of halogens is 1. The molecule has 2 heterocycles. The van der Waals surface area contributed by atoms with E-state index in [1.54, 1.807) is 11.0 Å². The number of anilines is 2. The van der Waals surface area contributed by atoms with Crippen LogP contribution in [0.2, 0.25) is 0 Å². The first kappa shape index (κ1) is 18.0. The molecule has 2 amide bonds. The highest BCUT2D eigenvalue weighted by molar-refractivity contribution is 5.90. The van der Waals surface area contributed by atoms with Gasteiger partial charge in [0.25, 0.3) is 0 Å². The van der Waals surface area contributed by atoms with Crippen molar-refractivity contribution in [3.63, 3.8) is 0 Å². The lowest BCUT2D eigenvalue weighted by Crippen LogP contribution is -2.49. The summed E-state index contributed by atoms with van der Waals surface area (Å²) >= 11 is 0. The maximum Gasteiger partial charge on any atom is 0.321 e. The van der Waals surface area contributed by atoms with Gasteiger partial charge in [0.15, 0.2) is 0 Å². The molecule has 0 aromatic heterocycles. The minimum Gasteiger partial charge on any atom is -0.371 e. The van der Waals surface area contributed by atoms with Crippen LogP contribution in [0.15, 0.2) is 18.2 Å². The second-order valence-electron chi connectivity index (χ2n) is 7.44. The lowest BCUT2D eigenvalue weighted by atomic mass is 9.98. The topological polar surface area (TPSA) is 38.8 Å². The van der Waals surface area contributed by atoms with E-state index >= 15 is 0 Å². The van der Waals surface area contributed by atoms with Crippen molar-refractivity contribution in [3.8, 4) is 0 Å². The van der Waals surface area contributed by atoms with Crippen molar-refractivity contribution < 1.29 is 9.18 Å². The van der Waals surface area contributed by atoms with Crippen molar-refractivity contribution in [1.82, 2.24) is 9.80 Å². The number of carbonyl (C=O) groups is 1. The van der Waals surface area contributed by atoms with Crippen LogP contribution in [-0.4, -0.2) is 61.6 Å². The molecule has 3 rings (SSSR count). The number of likely N-dealkylation sites (tertiary alicyclic amines) is 1. The largest absolute Gasteiger partial charge is 0.371 e. The van der Waals surface area contributed by atoms with Gasteiger partial charge < -0.3 is 20.0 Å². The summed E-state index contributed by atoms with van der Waals surface area (Å²) in [6.07, 6.45) is 4.19. The highest BCUT2D eigenvalue weighted by Crippen LogP contribution is 2.26. The molecule has 2 fully saturated rings. The second kappa shape index (κ2) is 7.60.